The van der Waals surface area contributed by atoms with Gasteiger partial charge in [0.2, 0.25) is 0 Å². The topological polar surface area (TPSA) is 137 Å². The van der Waals surface area contributed by atoms with Crippen molar-refractivity contribution in [1.29, 1.82) is 5.26 Å². The first-order chi connectivity index (χ1) is 14.0. The molecule has 0 amide bonds. The number of nitriles is 1. The number of nitrogens with two attached hydrogens (primary N) is 1. The zero-order valence-electron chi connectivity index (χ0n) is 15.6. The summed E-state index contributed by atoms with van der Waals surface area (Å²) < 4.78 is 17.7. The number of aryl methyl sites for hydroxylation is 1. The molecule has 0 aliphatic rings. The van der Waals surface area contributed by atoms with Crippen molar-refractivity contribution in [2.45, 2.75) is 13.5 Å². The van der Waals surface area contributed by atoms with E-state index in [1.165, 1.54) is 4.68 Å². The summed E-state index contributed by atoms with van der Waals surface area (Å²) in [5.74, 6) is -0.887. The van der Waals surface area contributed by atoms with Crippen LogP contribution in [0.5, 0.6) is 0 Å². The van der Waals surface area contributed by atoms with Gasteiger partial charge in [-0.1, -0.05) is 22.6 Å². The van der Waals surface area contributed by atoms with E-state index in [4.69, 9.17) is 5.73 Å². The molecule has 1 aromatic carbocycles. The first-order valence-electron chi connectivity index (χ1n) is 8.55. The number of aromatic nitrogens is 8. The molecule has 0 aliphatic heterocycles. The normalized spacial score (nSPS) is 10.8. The number of hydrogen-bond acceptors (Lipinski definition) is 8. The van der Waals surface area contributed by atoms with Crippen molar-refractivity contribution in [3.63, 3.8) is 0 Å². The lowest BCUT2D eigenvalue weighted by molar-refractivity contribution is 0.623. The fourth-order valence-electron chi connectivity index (χ4n) is 2.87. The van der Waals surface area contributed by atoms with Crippen molar-refractivity contribution in [2.75, 3.05) is 5.73 Å². The Balaban J connectivity index is 1.75. The number of nitrogen functional groups attached to an aromatic ring is 1. The van der Waals surface area contributed by atoms with Gasteiger partial charge in [-0.25, -0.2) is 19.0 Å². The van der Waals surface area contributed by atoms with Gasteiger partial charge in [-0.15, -0.1) is 10.2 Å². The molecule has 0 unspecified atom stereocenters. The minimum atomic E-state index is -0.783. The van der Waals surface area contributed by atoms with Gasteiger partial charge in [0.1, 0.15) is 17.1 Å². The monoisotopic (exact) mass is 390 g/mol. The molecule has 3 heterocycles. The predicted molar refractivity (Wildman–Crippen MR) is 100 cm³/mol. The first kappa shape index (κ1) is 18.2. The molecule has 0 fully saturated rings. The molecular weight excluding hydrogens is 375 g/mol. The maximum atomic E-state index is 14.7. The molecule has 29 heavy (non-hydrogen) atoms. The fraction of sp³-hybridized carbons (Fsp3) is 0.167. The van der Waals surface area contributed by atoms with E-state index in [-0.39, 0.29) is 23.0 Å². The Hall–Kier alpha value is -4.20. The highest BCUT2D eigenvalue weighted by Crippen LogP contribution is 2.28. The maximum absolute atomic E-state index is 14.7. The molecule has 10 nitrogen and oxygen atoms in total. The average Bonchev–Trinajstić information content (AvgIpc) is 3.33. The van der Waals surface area contributed by atoms with Crippen molar-refractivity contribution in [3.05, 3.63) is 53.2 Å². The van der Waals surface area contributed by atoms with Gasteiger partial charge < -0.3 is 5.73 Å². The standard InChI is InChI=1S/C18H15FN10/c1-10-11(6-20)4-3-5-13(10)18-22-16(15(19)17(21)23-18)14-9-29(27-25-14)8-12-7-28(2)26-24-12/h3-5,7,9H,8H2,1-2H3,(H2,21,22,23). The average molecular weight is 390 g/mol. The maximum Gasteiger partial charge on any atom is 0.193 e. The van der Waals surface area contributed by atoms with Gasteiger partial charge in [0.05, 0.1) is 24.4 Å². The van der Waals surface area contributed by atoms with Crippen LogP contribution in [0.15, 0.2) is 30.6 Å². The summed E-state index contributed by atoms with van der Waals surface area (Å²) in [6.45, 7) is 2.09. The highest BCUT2D eigenvalue weighted by molar-refractivity contribution is 5.69. The largest absolute Gasteiger partial charge is 0.381 e. The van der Waals surface area contributed by atoms with Gasteiger partial charge in [-0.2, -0.15) is 5.26 Å². The van der Waals surface area contributed by atoms with Crippen LogP contribution >= 0.6 is 0 Å². The summed E-state index contributed by atoms with van der Waals surface area (Å²) in [5, 5.41) is 25.1. The molecule has 0 spiro atoms. The van der Waals surface area contributed by atoms with E-state index < -0.39 is 5.82 Å². The molecule has 0 saturated carbocycles. The molecule has 144 valence electrons. The van der Waals surface area contributed by atoms with E-state index in [0.717, 1.165) is 0 Å². The van der Waals surface area contributed by atoms with Crippen molar-refractivity contribution in [1.82, 2.24) is 40.0 Å². The Morgan fingerprint density at radius 2 is 2.00 bits per heavy atom. The van der Waals surface area contributed by atoms with Gasteiger partial charge in [-0.05, 0) is 18.6 Å². The zero-order chi connectivity index (χ0) is 20.5. The second kappa shape index (κ2) is 7.08. The van der Waals surface area contributed by atoms with E-state index in [9.17, 15) is 9.65 Å². The molecule has 11 heteroatoms. The van der Waals surface area contributed by atoms with Crippen molar-refractivity contribution in [3.8, 4) is 28.8 Å². The molecule has 0 saturated heterocycles. The molecule has 0 atom stereocenters. The third-order valence-electron chi connectivity index (χ3n) is 4.33. The van der Waals surface area contributed by atoms with Gasteiger partial charge in [0.25, 0.3) is 0 Å². The predicted octanol–water partition coefficient (Wildman–Crippen LogP) is 1.48. The molecular formula is C18H15FN10. The lowest BCUT2D eigenvalue weighted by Crippen LogP contribution is -2.04. The van der Waals surface area contributed by atoms with E-state index >= 15 is 0 Å². The SMILES string of the molecule is Cc1c(C#N)cccc1-c1nc(N)c(F)c(-c2cn(Cc3cn(C)nn3)nn2)n1. The fourth-order valence-corrected chi connectivity index (χ4v) is 2.87. The van der Waals surface area contributed by atoms with Crippen LogP contribution in [-0.2, 0) is 13.6 Å². The Kier molecular flexibility index (Phi) is 4.44. The Morgan fingerprint density at radius 1 is 1.17 bits per heavy atom. The van der Waals surface area contributed by atoms with Crippen LogP contribution in [0.2, 0.25) is 0 Å². The highest BCUT2D eigenvalue weighted by atomic mass is 19.1. The molecule has 0 radical (unpaired) electrons. The van der Waals surface area contributed by atoms with Crippen molar-refractivity contribution < 1.29 is 4.39 Å². The van der Waals surface area contributed by atoms with E-state index in [2.05, 4.69) is 36.7 Å². The second-order valence-electron chi connectivity index (χ2n) is 6.37. The minimum Gasteiger partial charge on any atom is -0.381 e. The number of hydrogen-bond donors (Lipinski definition) is 1. The third kappa shape index (κ3) is 3.39. The first-order valence-corrected chi connectivity index (χ1v) is 8.55. The minimum absolute atomic E-state index is 0.0698. The lowest BCUT2D eigenvalue weighted by atomic mass is 10.0. The van der Waals surface area contributed by atoms with E-state index in [1.807, 2.05) is 0 Å². The number of benzene rings is 1. The van der Waals surface area contributed by atoms with Crippen LogP contribution in [0.3, 0.4) is 0 Å². The summed E-state index contributed by atoms with van der Waals surface area (Å²) >= 11 is 0. The van der Waals surface area contributed by atoms with Crippen LogP contribution in [0.4, 0.5) is 10.2 Å². The van der Waals surface area contributed by atoms with Gasteiger partial charge in [0.15, 0.2) is 17.5 Å². The molecule has 4 aromatic rings. The molecule has 2 N–H and O–H groups in total. The number of halogens is 1. The van der Waals surface area contributed by atoms with Gasteiger partial charge in [-0.3, -0.25) is 4.68 Å². The highest BCUT2D eigenvalue weighted by Gasteiger charge is 2.19. The Bertz CT molecular complexity index is 1250. The summed E-state index contributed by atoms with van der Waals surface area (Å²) in [6, 6.07) is 7.25. The summed E-state index contributed by atoms with van der Waals surface area (Å²) in [5.41, 5.74) is 8.34. The summed E-state index contributed by atoms with van der Waals surface area (Å²) in [4.78, 5) is 8.36. The van der Waals surface area contributed by atoms with Crippen LogP contribution < -0.4 is 5.73 Å². The van der Waals surface area contributed by atoms with Crippen molar-refractivity contribution in [2.24, 2.45) is 7.05 Å². The van der Waals surface area contributed by atoms with Crippen LogP contribution in [-0.4, -0.2) is 40.0 Å². The van der Waals surface area contributed by atoms with Crippen LogP contribution in [0.1, 0.15) is 16.8 Å². The third-order valence-corrected chi connectivity index (χ3v) is 4.33. The summed E-state index contributed by atoms with van der Waals surface area (Å²) in [6.07, 6.45) is 3.29. The van der Waals surface area contributed by atoms with E-state index in [1.54, 1.807) is 49.2 Å². The Morgan fingerprint density at radius 3 is 2.72 bits per heavy atom. The van der Waals surface area contributed by atoms with Crippen molar-refractivity contribution >= 4 is 5.82 Å². The number of anilines is 1. The number of rotatable bonds is 4. The zero-order valence-corrected chi connectivity index (χ0v) is 15.6. The second-order valence-corrected chi connectivity index (χ2v) is 6.37. The van der Waals surface area contributed by atoms with Crippen LogP contribution in [0.25, 0.3) is 22.8 Å². The molecule has 0 aliphatic carbocycles. The van der Waals surface area contributed by atoms with Gasteiger partial charge in [0, 0.05) is 18.8 Å². The Labute approximate surface area is 164 Å². The molecule has 3 aromatic heterocycles. The number of nitrogens with zero attached hydrogens (tertiary/aromatic N) is 9. The smallest absolute Gasteiger partial charge is 0.193 e. The van der Waals surface area contributed by atoms with E-state index in [0.29, 0.717) is 28.9 Å². The molecule has 4 rings (SSSR count). The lowest BCUT2D eigenvalue weighted by Gasteiger charge is -2.09. The van der Waals surface area contributed by atoms with Crippen LogP contribution in [0, 0.1) is 24.1 Å². The summed E-state index contributed by atoms with van der Waals surface area (Å²) in [7, 11) is 1.76. The van der Waals surface area contributed by atoms with Gasteiger partial charge >= 0.3 is 0 Å². The molecule has 0 bridgehead atoms. The quantitative estimate of drug-likeness (QED) is 0.553.